The van der Waals surface area contributed by atoms with Crippen LogP contribution in [0, 0.1) is 11.2 Å². The van der Waals surface area contributed by atoms with E-state index in [1.54, 1.807) is 12.1 Å². The summed E-state index contributed by atoms with van der Waals surface area (Å²) in [6, 6.07) is 6.38. The number of piperazine rings is 1. The lowest BCUT2D eigenvalue weighted by Crippen LogP contribution is -2.50. The molecule has 0 atom stereocenters. The Labute approximate surface area is 193 Å². The largest absolute Gasteiger partial charge is 0.340 e. The predicted molar refractivity (Wildman–Crippen MR) is 128 cm³/mol. The number of benzene rings is 1. The Balaban J connectivity index is 1.84. The van der Waals surface area contributed by atoms with Crippen molar-refractivity contribution in [2.24, 2.45) is 5.41 Å². The number of halogens is 1. The number of unbranched alkanes of at least 4 members (excludes halogenated alkanes) is 3. The lowest BCUT2D eigenvalue weighted by Gasteiger charge is -2.36. The molecule has 0 saturated carbocycles. The molecule has 180 valence electrons. The fourth-order valence-electron chi connectivity index (χ4n) is 4.01. The van der Waals surface area contributed by atoms with Crippen LogP contribution in [0.5, 0.6) is 0 Å². The van der Waals surface area contributed by atoms with Crippen LogP contribution in [0.3, 0.4) is 0 Å². The highest BCUT2D eigenvalue weighted by atomic mass is 19.1. The summed E-state index contributed by atoms with van der Waals surface area (Å²) >= 11 is 0. The first-order valence-electron chi connectivity index (χ1n) is 12.2. The highest BCUT2D eigenvalue weighted by Crippen LogP contribution is 2.21. The third-order valence-corrected chi connectivity index (χ3v) is 5.98. The first-order chi connectivity index (χ1) is 15.2. The van der Waals surface area contributed by atoms with Crippen LogP contribution >= 0.6 is 0 Å². The zero-order chi connectivity index (χ0) is 23.6. The van der Waals surface area contributed by atoms with Gasteiger partial charge in [-0.05, 0) is 29.5 Å². The molecule has 1 fully saturated rings. The van der Waals surface area contributed by atoms with Crippen LogP contribution in [0.2, 0.25) is 0 Å². The minimum atomic E-state index is -0.265. The Morgan fingerprint density at radius 3 is 2.25 bits per heavy atom. The number of amides is 2. The van der Waals surface area contributed by atoms with E-state index in [4.69, 9.17) is 0 Å². The van der Waals surface area contributed by atoms with Gasteiger partial charge in [-0.2, -0.15) is 0 Å². The fraction of sp³-hybridized carbons (Fsp3) is 0.692. The van der Waals surface area contributed by atoms with E-state index in [-0.39, 0.29) is 23.0 Å². The van der Waals surface area contributed by atoms with E-state index in [1.807, 2.05) is 9.80 Å². The Kier molecular flexibility index (Phi) is 10.6. The molecule has 0 aliphatic carbocycles. The molecule has 0 bridgehead atoms. The summed E-state index contributed by atoms with van der Waals surface area (Å²) in [7, 11) is 0. The monoisotopic (exact) mass is 447 g/mol. The van der Waals surface area contributed by atoms with Gasteiger partial charge in [0.2, 0.25) is 11.8 Å². The number of nitrogens with zero attached hydrogens (tertiary/aromatic N) is 3. The van der Waals surface area contributed by atoms with E-state index < -0.39 is 0 Å². The van der Waals surface area contributed by atoms with Crippen molar-refractivity contribution < 1.29 is 14.0 Å². The lowest BCUT2D eigenvalue weighted by molar-refractivity contribution is -0.134. The summed E-state index contributed by atoms with van der Waals surface area (Å²) in [5.41, 5.74) is 0.855. The van der Waals surface area contributed by atoms with Gasteiger partial charge < -0.3 is 9.80 Å². The smallest absolute Gasteiger partial charge is 0.223 e. The summed E-state index contributed by atoms with van der Waals surface area (Å²) in [4.78, 5) is 31.6. The first-order valence-corrected chi connectivity index (χ1v) is 12.2. The summed E-state index contributed by atoms with van der Waals surface area (Å²) < 4.78 is 13.3. The summed E-state index contributed by atoms with van der Waals surface area (Å²) in [6.07, 6.45) is 5.64. The molecule has 1 aromatic carbocycles. The molecule has 1 aliphatic heterocycles. The maximum absolute atomic E-state index is 13.3. The van der Waals surface area contributed by atoms with Gasteiger partial charge in [-0.25, -0.2) is 4.39 Å². The minimum Gasteiger partial charge on any atom is -0.340 e. The van der Waals surface area contributed by atoms with Crippen LogP contribution in [0.15, 0.2) is 24.3 Å². The highest BCUT2D eigenvalue weighted by molar-refractivity contribution is 5.77. The van der Waals surface area contributed by atoms with Crippen LogP contribution in [-0.2, 0) is 16.1 Å². The van der Waals surface area contributed by atoms with Crippen molar-refractivity contribution in [3.05, 3.63) is 35.6 Å². The maximum atomic E-state index is 13.3. The van der Waals surface area contributed by atoms with E-state index in [2.05, 4.69) is 32.6 Å². The maximum Gasteiger partial charge on any atom is 0.223 e. The van der Waals surface area contributed by atoms with Crippen LogP contribution < -0.4 is 0 Å². The summed E-state index contributed by atoms with van der Waals surface area (Å²) in [6.45, 7) is 13.5. The van der Waals surface area contributed by atoms with Gasteiger partial charge in [0.15, 0.2) is 0 Å². The molecule has 5 nitrogen and oxygen atoms in total. The summed E-state index contributed by atoms with van der Waals surface area (Å²) in [5, 5.41) is 0. The molecule has 1 aromatic rings. The van der Waals surface area contributed by atoms with Crippen LogP contribution in [0.25, 0.3) is 0 Å². The number of carbonyl (C=O) groups excluding carboxylic acids is 2. The van der Waals surface area contributed by atoms with Crippen LogP contribution in [0.1, 0.15) is 71.8 Å². The van der Waals surface area contributed by atoms with Crippen molar-refractivity contribution in [3.8, 4) is 0 Å². The molecule has 0 aromatic heterocycles. The average molecular weight is 448 g/mol. The molecular formula is C26H42FN3O2. The van der Waals surface area contributed by atoms with E-state index in [9.17, 15) is 14.0 Å². The number of hydrogen-bond acceptors (Lipinski definition) is 3. The molecule has 0 unspecified atom stereocenters. The number of carbonyl (C=O) groups is 2. The summed E-state index contributed by atoms with van der Waals surface area (Å²) in [5.74, 6) is 0.140. The van der Waals surface area contributed by atoms with E-state index >= 15 is 0 Å². The van der Waals surface area contributed by atoms with Gasteiger partial charge in [0, 0.05) is 58.7 Å². The third kappa shape index (κ3) is 9.68. The molecule has 6 heteroatoms. The molecule has 0 radical (unpaired) electrons. The van der Waals surface area contributed by atoms with Crippen molar-refractivity contribution in [3.63, 3.8) is 0 Å². The number of hydrogen-bond donors (Lipinski definition) is 0. The second-order valence-corrected chi connectivity index (χ2v) is 10.2. The molecule has 0 N–H and O–H groups in total. The number of rotatable bonds is 11. The third-order valence-electron chi connectivity index (χ3n) is 5.98. The van der Waals surface area contributed by atoms with Gasteiger partial charge in [0.1, 0.15) is 5.82 Å². The molecule has 32 heavy (non-hydrogen) atoms. The Hall–Kier alpha value is -1.95. The molecule has 2 amide bonds. The minimum absolute atomic E-state index is 0.0821. The van der Waals surface area contributed by atoms with Crippen LogP contribution in [0.4, 0.5) is 4.39 Å². The SMILES string of the molecule is CCCCCCC(=O)N1CCN(CCN(Cc2ccc(F)cc2)C(=O)CC(C)(C)C)CC1. The Morgan fingerprint density at radius 1 is 1.00 bits per heavy atom. The van der Waals surface area contributed by atoms with Crippen LogP contribution in [-0.4, -0.2) is 65.8 Å². The van der Waals surface area contributed by atoms with Gasteiger partial charge in [0.05, 0.1) is 0 Å². The Morgan fingerprint density at radius 2 is 1.66 bits per heavy atom. The van der Waals surface area contributed by atoms with Gasteiger partial charge in [-0.1, -0.05) is 59.1 Å². The quantitative estimate of drug-likeness (QED) is 0.462. The first kappa shape index (κ1) is 26.3. The van der Waals surface area contributed by atoms with Crippen molar-refractivity contribution in [2.75, 3.05) is 39.3 Å². The van der Waals surface area contributed by atoms with Crippen molar-refractivity contribution in [1.82, 2.24) is 14.7 Å². The zero-order valence-electron chi connectivity index (χ0n) is 20.5. The molecule has 1 aliphatic rings. The highest BCUT2D eigenvalue weighted by Gasteiger charge is 2.24. The second kappa shape index (κ2) is 12.9. The lowest BCUT2D eigenvalue weighted by atomic mass is 9.91. The van der Waals surface area contributed by atoms with Gasteiger partial charge in [-0.3, -0.25) is 14.5 Å². The molecule has 0 spiro atoms. The average Bonchev–Trinajstić information content (AvgIpc) is 2.74. The van der Waals surface area contributed by atoms with Gasteiger partial charge in [-0.15, -0.1) is 0 Å². The predicted octanol–water partition coefficient (Wildman–Crippen LogP) is 4.71. The topological polar surface area (TPSA) is 43.9 Å². The molecule has 1 heterocycles. The van der Waals surface area contributed by atoms with Gasteiger partial charge in [0.25, 0.3) is 0 Å². The van der Waals surface area contributed by atoms with E-state index in [1.165, 1.54) is 25.0 Å². The molecule has 1 saturated heterocycles. The zero-order valence-corrected chi connectivity index (χ0v) is 20.5. The Bertz CT molecular complexity index is 707. The van der Waals surface area contributed by atoms with E-state index in [0.717, 1.165) is 51.1 Å². The molecular weight excluding hydrogens is 405 g/mol. The van der Waals surface area contributed by atoms with Gasteiger partial charge >= 0.3 is 0 Å². The van der Waals surface area contributed by atoms with Crippen molar-refractivity contribution >= 4 is 11.8 Å². The second-order valence-electron chi connectivity index (χ2n) is 10.2. The fourth-order valence-corrected chi connectivity index (χ4v) is 4.01. The normalized spacial score (nSPS) is 15.1. The van der Waals surface area contributed by atoms with Crippen molar-refractivity contribution in [1.29, 1.82) is 0 Å². The standard InChI is InChI=1S/C26H42FN3O2/c1-5-6-7-8-9-24(31)29-17-14-28(15-18-29)16-19-30(25(32)20-26(2,3)4)21-22-10-12-23(27)13-11-22/h10-13H,5-9,14-21H2,1-4H3. The molecule has 2 rings (SSSR count). The van der Waals surface area contributed by atoms with E-state index in [0.29, 0.717) is 25.9 Å². The van der Waals surface area contributed by atoms with Crippen molar-refractivity contribution in [2.45, 2.75) is 72.8 Å².